The zero-order chi connectivity index (χ0) is 23.5. The normalized spacial score (nSPS) is 12.2. The molecular weight excluding hydrogens is 404 g/mol. The lowest BCUT2D eigenvalue weighted by molar-refractivity contribution is 0.0694. The second-order valence-corrected chi connectivity index (χ2v) is 14.7. The van der Waals surface area contributed by atoms with Gasteiger partial charge in [-0.25, -0.2) is 4.79 Å². The van der Waals surface area contributed by atoms with Crippen molar-refractivity contribution >= 4 is 31.1 Å². The number of ether oxygens (including phenoxy) is 1. The standard InChI is InChI=1S/C26H38O4Si/c1-10-20-11-12-21-23(15-20)19(8)24(26(27)28)22(13-14-29-9)25(21)30-31(16(2)3,17(4)5)18(6)7/h10-12,15-18H,1,13-14H2,2-9H3,(H,27,28). The maximum absolute atomic E-state index is 12.4. The predicted molar refractivity (Wildman–Crippen MR) is 133 cm³/mol. The molecule has 31 heavy (non-hydrogen) atoms. The summed E-state index contributed by atoms with van der Waals surface area (Å²) in [4.78, 5) is 12.4. The zero-order valence-electron chi connectivity index (χ0n) is 20.3. The molecule has 0 saturated heterocycles. The molecule has 0 saturated carbocycles. The Kier molecular flexibility index (Phi) is 8.12. The lowest BCUT2D eigenvalue weighted by Gasteiger charge is -2.43. The highest BCUT2D eigenvalue weighted by molar-refractivity contribution is 6.78. The zero-order valence-corrected chi connectivity index (χ0v) is 21.3. The first-order valence-electron chi connectivity index (χ1n) is 11.2. The summed E-state index contributed by atoms with van der Waals surface area (Å²) < 4.78 is 12.5. The van der Waals surface area contributed by atoms with Gasteiger partial charge < -0.3 is 14.3 Å². The molecule has 0 fully saturated rings. The van der Waals surface area contributed by atoms with Crippen LogP contribution in [0, 0.1) is 6.92 Å². The van der Waals surface area contributed by atoms with Crippen LogP contribution in [-0.2, 0) is 11.2 Å². The van der Waals surface area contributed by atoms with Crippen molar-refractivity contribution in [1.82, 2.24) is 0 Å². The van der Waals surface area contributed by atoms with Crippen LogP contribution in [0.1, 0.15) is 68.6 Å². The lowest BCUT2D eigenvalue weighted by Crippen LogP contribution is -2.51. The minimum Gasteiger partial charge on any atom is -0.542 e. The van der Waals surface area contributed by atoms with E-state index in [4.69, 9.17) is 9.16 Å². The van der Waals surface area contributed by atoms with Crippen molar-refractivity contribution in [3.63, 3.8) is 0 Å². The molecule has 0 atom stereocenters. The van der Waals surface area contributed by atoms with E-state index < -0.39 is 14.3 Å². The molecule has 0 aromatic heterocycles. The Morgan fingerprint density at radius 2 is 1.68 bits per heavy atom. The van der Waals surface area contributed by atoms with Crippen LogP contribution in [0.3, 0.4) is 0 Å². The molecule has 2 aromatic carbocycles. The number of carboxylic acids is 1. The third kappa shape index (κ3) is 4.58. The number of methoxy groups -OCH3 is 1. The number of carboxylic acid groups (broad SMARTS) is 1. The van der Waals surface area contributed by atoms with Crippen LogP contribution in [0.25, 0.3) is 16.8 Å². The third-order valence-corrected chi connectivity index (χ3v) is 12.6. The monoisotopic (exact) mass is 442 g/mol. The molecule has 2 rings (SSSR count). The Morgan fingerprint density at radius 3 is 2.13 bits per heavy atom. The first-order valence-corrected chi connectivity index (χ1v) is 13.3. The van der Waals surface area contributed by atoms with Crippen LogP contribution in [0.2, 0.25) is 16.6 Å². The number of hydrogen-bond acceptors (Lipinski definition) is 3. The Labute approximate surface area is 188 Å². The molecule has 0 aliphatic carbocycles. The van der Waals surface area contributed by atoms with Gasteiger partial charge in [0.1, 0.15) is 5.75 Å². The molecule has 0 unspecified atom stereocenters. The summed E-state index contributed by atoms with van der Waals surface area (Å²) in [5, 5.41) is 12.1. The number of aryl methyl sites for hydroxylation is 1. The highest BCUT2D eigenvalue weighted by Crippen LogP contribution is 2.46. The van der Waals surface area contributed by atoms with E-state index in [-0.39, 0.29) is 0 Å². The number of aromatic carboxylic acids is 1. The molecule has 5 heteroatoms. The third-order valence-electron chi connectivity index (χ3n) is 6.63. The van der Waals surface area contributed by atoms with Crippen LogP contribution in [0.5, 0.6) is 5.75 Å². The summed E-state index contributed by atoms with van der Waals surface area (Å²) in [6.07, 6.45) is 2.28. The van der Waals surface area contributed by atoms with Gasteiger partial charge in [0.15, 0.2) is 0 Å². The lowest BCUT2D eigenvalue weighted by atomic mass is 9.91. The fourth-order valence-corrected chi connectivity index (χ4v) is 10.5. The van der Waals surface area contributed by atoms with Gasteiger partial charge in [0.05, 0.1) is 12.2 Å². The van der Waals surface area contributed by atoms with E-state index in [0.29, 0.717) is 35.2 Å². The predicted octanol–water partition coefficient (Wildman–Crippen LogP) is 7.23. The Morgan fingerprint density at radius 1 is 1.10 bits per heavy atom. The second kappa shape index (κ2) is 10.0. The molecular formula is C26H38O4Si. The summed E-state index contributed by atoms with van der Waals surface area (Å²) in [5.74, 6) is -0.196. The van der Waals surface area contributed by atoms with Crippen LogP contribution >= 0.6 is 0 Å². The van der Waals surface area contributed by atoms with Crippen molar-refractivity contribution in [3.05, 3.63) is 47.0 Å². The molecule has 4 nitrogen and oxygen atoms in total. The smallest absolute Gasteiger partial charge is 0.336 e. The van der Waals surface area contributed by atoms with Crippen LogP contribution in [-0.4, -0.2) is 33.1 Å². The van der Waals surface area contributed by atoms with Gasteiger partial charge in [-0.3, -0.25) is 0 Å². The Balaban J connectivity index is 3.00. The van der Waals surface area contributed by atoms with Crippen molar-refractivity contribution in [3.8, 4) is 5.75 Å². The van der Waals surface area contributed by atoms with Gasteiger partial charge in [0, 0.05) is 24.5 Å². The van der Waals surface area contributed by atoms with Gasteiger partial charge in [-0.1, -0.05) is 66.3 Å². The van der Waals surface area contributed by atoms with E-state index in [9.17, 15) is 9.90 Å². The summed E-state index contributed by atoms with van der Waals surface area (Å²) in [7, 11) is -0.668. The van der Waals surface area contributed by atoms with Crippen molar-refractivity contribution < 1.29 is 19.1 Å². The Bertz CT molecular complexity index is 938. The Hall–Kier alpha value is -2.11. The van der Waals surface area contributed by atoms with E-state index in [1.54, 1.807) is 13.2 Å². The fraction of sp³-hybridized carbons (Fsp3) is 0.500. The average Bonchev–Trinajstić information content (AvgIpc) is 2.70. The molecule has 0 spiro atoms. The minimum atomic E-state index is -2.31. The SMILES string of the molecule is C=Cc1ccc2c(O[Si](C(C)C)(C(C)C)C(C)C)c(CCOC)c(C(=O)O)c(C)c2c1. The minimum absolute atomic E-state index is 0.333. The number of hydrogen-bond donors (Lipinski definition) is 1. The highest BCUT2D eigenvalue weighted by Gasteiger charge is 2.47. The molecule has 2 aromatic rings. The van der Waals surface area contributed by atoms with Gasteiger partial charge in [-0.15, -0.1) is 0 Å². The second-order valence-electron chi connectivity index (χ2n) is 9.28. The number of fused-ring (bicyclic) bond motifs is 1. The van der Waals surface area contributed by atoms with Crippen LogP contribution < -0.4 is 4.43 Å². The summed E-state index contributed by atoms with van der Waals surface area (Å²) in [5.41, 5.74) is 3.92. The van der Waals surface area contributed by atoms with E-state index in [2.05, 4.69) is 54.2 Å². The first-order chi connectivity index (χ1) is 14.5. The molecule has 0 amide bonds. The first kappa shape index (κ1) is 25.2. The topological polar surface area (TPSA) is 55.8 Å². The van der Waals surface area contributed by atoms with Gasteiger partial charge in [0.2, 0.25) is 0 Å². The van der Waals surface area contributed by atoms with E-state index >= 15 is 0 Å². The molecule has 0 radical (unpaired) electrons. The highest BCUT2D eigenvalue weighted by atomic mass is 28.4. The van der Waals surface area contributed by atoms with Crippen molar-refractivity contribution in [1.29, 1.82) is 0 Å². The maximum atomic E-state index is 12.4. The number of rotatable bonds is 10. The summed E-state index contributed by atoms with van der Waals surface area (Å²) in [6, 6.07) is 6.09. The maximum Gasteiger partial charge on any atom is 0.336 e. The van der Waals surface area contributed by atoms with E-state index in [1.165, 1.54) is 0 Å². The molecule has 0 aliphatic rings. The van der Waals surface area contributed by atoms with E-state index in [1.807, 2.05) is 19.1 Å². The van der Waals surface area contributed by atoms with E-state index in [0.717, 1.165) is 33.2 Å². The largest absolute Gasteiger partial charge is 0.542 e. The fourth-order valence-electron chi connectivity index (χ4n) is 5.21. The van der Waals surface area contributed by atoms with Gasteiger partial charge in [0.25, 0.3) is 8.32 Å². The molecule has 170 valence electrons. The summed E-state index contributed by atoms with van der Waals surface area (Å²) in [6.45, 7) is 19.6. The van der Waals surface area contributed by atoms with Crippen LogP contribution in [0.4, 0.5) is 0 Å². The molecule has 0 heterocycles. The van der Waals surface area contributed by atoms with Crippen molar-refractivity contribution in [2.75, 3.05) is 13.7 Å². The molecule has 0 bridgehead atoms. The van der Waals surface area contributed by atoms with Crippen LogP contribution in [0.15, 0.2) is 24.8 Å². The van der Waals surface area contributed by atoms with Crippen molar-refractivity contribution in [2.24, 2.45) is 0 Å². The average molecular weight is 443 g/mol. The number of benzene rings is 2. The summed E-state index contributed by atoms with van der Waals surface area (Å²) >= 11 is 0. The number of carbonyl (C=O) groups is 1. The molecule has 0 aliphatic heterocycles. The van der Waals surface area contributed by atoms with Gasteiger partial charge in [-0.05, 0) is 46.1 Å². The molecule has 1 N–H and O–H groups in total. The van der Waals surface area contributed by atoms with Crippen molar-refractivity contribution in [2.45, 2.75) is 71.5 Å². The quantitative estimate of drug-likeness (QED) is 0.394. The van der Waals surface area contributed by atoms with Gasteiger partial charge >= 0.3 is 5.97 Å². The van der Waals surface area contributed by atoms with Gasteiger partial charge in [-0.2, -0.15) is 0 Å².